The highest BCUT2D eigenvalue weighted by Crippen LogP contribution is 2.28. The quantitative estimate of drug-likeness (QED) is 0.590. The summed E-state index contributed by atoms with van der Waals surface area (Å²) in [4.78, 5) is 2.50. The fourth-order valence-electron chi connectivity index (χ4n) is 2.36. The van der Waals surface area contributed by atoms with Gasteiger partial charge in [-0.3, -0.25) is 0 Å². The molecule has 0 N–H and O–H groups in total. The van der Waals surface area contributed by atoms with Crippen LogP contribution in [0.5, 0.6) is 0 Å². The fourth-order valence-corrected chi connectivity index (χ4v) is 2.36. The van der Waals surface area contributed by atoms with E-state index in [9.17, 15) is 0 Å². The summed E-state index contributed by atoms with van der Waals surface area (Å²) in [5.74, 6) is 0.773. The molecular weight excluding hydrogens is 198 g/mol. The Morgan fingerprint density at radius 3 is 2.50 bits per heavy atom. The first-order chi connectivity index (χ1) is 7.63. The Labute approximate surface area is 101 Å². The van der Waals surface area contributed by atoms with Crippen molar-refractivity contribution >= 4 is 0 Å². The average Bonchev–Trinajstić information content (AvgIpc) is 2.13. The van der Waals surface area contributed by atoms with Crippen molar-refractivity contribution < 1.29 is 4.74 Å². The second-order valence-electron chi connectivity index (χ2n) is 5.66. The molecule has 1 aliphatic rings. The molecule has 1 aliphatic carbocycles. The maximum atomic E-state index is 5.84. The van der Waals surface area contributed by atoms with Gasteiger partial charge in [0.15, 0.2) is 0 Å². The van der Waals surface area contributed by atoms with Gasteiger partial charge < -0.3 is 9.64 Å². The number of hydrogen-bond acceptors (Lipinski definition) is 2. The number of rotatable bonds is 8. The van der Waals surface area contributed by atoms with Crippen LogP contribution in [0.1, 0.15) is 52.9 Å². The second kappa shape index (κ2) is 7.29. The first kappa shape index (κ1) is 14.0. The molecule has 0 spiro atoms. The summed E-state index contributed by atoms with van der Waals surface area (Å²) < 4.78 is 5.84. The molecule has 0 atom stereocenters. The number of hydrogen-bond donors (Lipinski definition) is 0. The third-order valence-electron chi connectivity index (χ3n) is 3.45. The molecule has 0 aromatic rings. The lowest BCUT2D eigenvalue weighted by molar-refractivity contribution is -0.0479. The van der Waals surface area contributed by atoms with Crippen molar-refractivity contribution in [3.05, 3.63) is 0 Å². The summed E-state index contributed by atoms with van der Waals surface area (Å²) in [6, 6.07) is 0.776. The Bertz CT molecular complexity index is 176. The SMILES string of the molecule is CCCCCO[C@H]1C[C@H](N(C)CC(C)C)C1. The highest BCUT2D eigenvalue weighted by molar-refractivity contribution is 4.87. The topological polar surface area (TPSA) is 12.5 Å². The second-order valence-corrected chi connectivity index (χ2v) is 5.66. The van der Waals surface area contributed by atoms with Crippen LogP contribution in [0.2, 0.25) is 0 Å². The molecular formula is C14H29NO. The van der Waals surface area contributed by atoms with Crippen LogP contribution in [-0.2, 0) is 4.74 Å². The molecule has 0 amide bonds. The number of nitrogens with zero attached hydrogens (tertiary/aromatic N) is 1. The predicted molar refractivity (Wildman–Crippen MR) is 69.8 cm³/mol. The van der Waals surface area contributed by atoms with Crippen molar-refractivity contribution in [3.8, 4) is 0 Å². The Kier molecular flexibility index (Phi) is 6.37. The van der Waals surface area contributed by atoms with Gasteiger partial charge in [-0.05, 0) is 32.2 Å². The lowest BCUT2D eigenvalue weighted by Gasteiger charge is -2.41. The van der Waals surface area contributed by atoms with E-state index in [0.29, 0.717) is 6.10 Å². The third-order valence-corrected chi connectivity index (χ3v) is 3.45. The fraction of sp³-hybridized carbons (Fsp3) is 1.00. The van der Waals surface area contributed by atoms with Crippen LogP contribution in [-0.4, -0.2) is 37.2 Å². The number of ether oxygens (including phenoxy) is 1. The van der Waals surface area contributed by atoms with Gasteiger partial charge in [0.1, 0.15) is 0 Å². The van der Waals surface area contributed by atoms with Crippen molar-refractivity contribution in [1.82, 2.24) is 4.90 Å². The summed E-state index contributed by atoms with van der Waals surface area (Å²) in [6.07, 6.45) is 6.87. The van der Waals surface area contributed by atoms with E-state index in [1.54, 1.807) is 0 Å². The monoisotopic (exact) mass is 227 g/mol. The lowest BCUT2D eigenvalue weighted by atomic mass is 9.87. The molecule has 2 nitrogen and oxygen atoms in total. The van der Waals surface area contributed by atoms with E-state index in [0.717, 1.165) is 18.6 Å². The Hall–Kier alpha value is -0.0800. The maximum Gasteiger partial charge on any atom is 0.0605 e. The minimum atomic E-state index is 0.552. The van der Waals surface area contributed by atoms with E-state index < -0.39 is 0 Å². The molecule has 1 fully saturated rings. The molecule has 0 aliphatic heterocycles. The maximum absolute atomic E-state index is 5.84. The van der Waals surface area contributed by atoms with Crippen LogP contribution >= 0.6 is 0 Å². The molecule has 1 rings (SSSR count). The minimum Gasteiger partial charge on any atom is -0.378 e. The van der Waals surface area contributed by atoms with Crippen molar-refractivity contribution in [2.45, 2.75) is 65.0 Å². The number of unbranched alkanes of at least 4 members (excludes halogenated alkanes) is 2. The molecule has 0 aromatic carbocycles. The van der Waals surface area contributed by atoms with E-state index in [4.69, 9.17) is 4.74 Å². The molecule has 0 radical (unpaired) electrons. The van der Waals surface area contributed by atoms with Crippen LogP contribution in [0.3, 0.4) is 0 Å². The summed E-state index contributed by atoms with van der Waals surface area (Å²) in [6.45, 7) is 8.99. The summed E-state index contributed by atoms with van der Waals surface area (Å²) >= 11 is 0. The summed E-state index contributed by atoms with van der Waals surface area (Å²) in [5, 5.41) is 0. The van der Waals surface area contributed by atoms with Gasteiger partial charge in [-0.15, -0.1) is 0 Å². The normalized spacial score (nSPS) is 25.1. The first-order valence-corrected chi connectivity index (χ1v) is 6.95. The molecule has 1 saturated carbocycles. The average molecular weight is 227 g/mol. The smallest absolute Gasteiger partial charge is 0.0605 e. The van der Waals surface area contributed by atoms with E-state index in [-0.39, 0.29) is 0 Å². The van der Waals surface area contributed by atoms with Crippen LogP contribution in [0.25, 0.3) is 0 Å². The molecule has 0 saturated heterocycles. The van der Waals surface area contributed by atoms with Crippen molar-refractivity contribution in [2.24, 2.45) is 5.92 Å². The zero-order chi connectivity index (χ0) is 12.0. The Balaban J connectivity index is 1.99. The summed E-state index contributed by atoms with van der Waals surface area (Å²) in [7, 11) is 2.25. The van der Waals surface area contributed by atoms with Crippen molar-refractivity contribution in [1.29, 1.82) is 0 Å². The third kappa shape index (κ3) is 4.84. The molecule has 0 aromatic heterocycles. The Morgan fingerprint density at radius 2 is 1.94 bits per heavy atom. The molecule has 96 valence electrons. The van der Waals surface area contributed by atoms with Crippen LogP contribution in [0, 0.1) is 5.92 Å². The van der Waals surface area contributed by atoms with Gasteiger partial charge in [-0.2, -0.15) is 0 Å². The highest BCUT2D eigenvalue weighted by atomic mass is 16.5. The van der Waals surface area contributed by atoms with Crippen LogP contribution < -0.4 is 0 Å². The van der Waals surface area contributed by atoms with Gasteiger partial charge in [0.05, 0.1) is 6.10 Å². The molecule has 0 heterocycles. The standard InChI is InChI=1S/C14H29NO/c1-5-6-7-8-16-14-9-13(10-14)15(4)11-12(2)3/h12-14H,5-11H2,1-4H3/t13-,14-. The lowest BCUT2D eigenvalue weighted by Crippen LogP contribution is -2.47. The van der Waals surface area contributed by atoms with Gasteiger partial charge in [-0.1, -0.05) is 33.6 Å². The van der Waals surface area contributed by atoms with E-state index in [1.807, 2.05) is 0 Å². The van der Waals surface area contributed by atoms with Crippen molar-refractivity contribution in [3.63, 3.8) is 0 Å². The highest BCUT2D eigenvalue weighted by Gasteiger charge is 2.32. The summed E-state index contributed by atoms with van der Waals surface area (Å²) in [5.41, 5.74) is 0. The zero-order valence-electron chi connectivity index (χ0n) is 11.5. The Morgan fingerprint density at radius 1 is 1.25 bits per heavy atom. The largest absolute Gasteiger partial charge is 0.378 e. The van der Waals surface area contributed by atoms with Gasteiger partial charge in [0.2, 0.25) is 0 Å². The molecule has 16 heavy (non-hydrogen) atoms. The van der Waals surface area contributed by atoms with Gasteiger partial charge in [0.25, 0.3) is 0 Å². The zero-order valence-corrected chi connectivity index (χ0v) is 11.5. The van der Waals surface area contributed by atoms with Gasteiger partial charge >= 0.3 is 0 Å². The minimum absolute atomic E-state index is 0.552. The van der Waals surface area contributed by atoms with E-state index >= 15 is 0 Å². The van der Waals surface area contributed by atoms with Crippen LogP contribution in [0.15, 0.2) is 0 Å². The molecule has 2 heteroatoms. The van der Waals surface area contributed by atoms with E-state index in [2.05, 4.69) is 32.7 Å². The van der Waals surface area contributed by atoms with Crippen LogP contribution in [0.4, 0.5) is 0 Å². The predicted octanol–water partition coefficient (Wildman–Crippen LogP) is 3.31. The first-order valence-electron chi connectivity index (χ1n) is 6.95. The molecule has 0 unspecified atom stereocenters. The van der Waals surface area contributed by atoms with Crippen molar-refractivity contribution in [2.75, 3.05) is 20.2 Å². The molecule has 0 bridgehead atoms. The van der Waals surface area contributed by atoms with Gasteiger partial charge in [0, 0.05) is 19.2 Å². The van der Waals surface area contributed by atoms with E-state index in [1.165, 1.54) is 38.6 Å². The van der Waals surface area contributed by atoms with Gasteiger partial charge in [-0.25, -0.2) is 0 Å².